The molecule has 0 fully saturated rings. The van der Waals surface area contributed by atoms with Crippen molar-refractivity contribution in [2.75, 3.05) is 7.11 Å². The van der Waals surface area contributed by atoms with Gasteiger partial charge in [-0.25, -0.2) is 0 Å². The molecule has 0 spiro atoms. The quantitative estimate of drug-likeness (QED) is 0.902. The zero-order valence-electron chi connectivity index (χ0n) is 11.7. The lowest BCUT2D eigenvalue weighted by Crippen LogP contribution is -2.80. The third kappa shape index (κ3) is 4.49. The summed E-state index contributed by atoms with van der Waals surface area (Å²) in [5.74, 6) is 0.807. The molecule has 0 radical (unpaired) electrons. The summed E-state index contributed by atoms with van der Waals surface area (Å²) in [5.41, 5.74) is 1.40. The molecule has 112 valence electrons. The molecule has 0 unspecified atom stereocenters. The standard InChI is InChI=1S/C16H16F3NO/c1-21-15-8-4-13(5-9-15)11-20-10-12-2-6-14(7-3-12)16(17,18)19/h2-9,20H,10-11H2,1H3/p+1. The molecule has 2 aromatic rings. The Hall–Kier alpha value is -2.01. The zero-order chi connectivity index (χ0) is 15.3. The SMILES string of the molecule is COc1ccc(C[NH2+]Cc2ccc(C(F)(F)F)cc2)cc1. The Labute approximate surface area is 121 Å². The van der Waals surface area contributed by atoms with Crippen molar-refractivity contribution in [1.82, 2.24) is 0 Å². The molecule has 0 heterocycles. The van der Waals surface area contributed by atoms with Crippen LogP contribution in [-0.2, 0) is 19.3 Å². The smallest absolute Gasteiger partial charge is 0.416 e. The number of hydrogen-bond acceptors (Lipinski definition) is 1. The Morgan fingerprint density at radius 1 is 0.857 bits per heavy atom. The van der Waals surface area contributed by atoms with E-state index in [9.17, 15) is 13.2 Å². The third-order valence-corrected chi connectivity index (χ3v) is 3.20. The monoisotopic (exact) mass is 296 g/mol. The fraction of sp³-hybridized carbons (Fsp3) is 0.250. The van der Waals surface area contributed by atoms with Gasteiger partial charge in [-0.3, -0.25) is 0 Å². The summed E-state index contributed by atoms with van der Waals surface area (Å²) in [4.78, 5) is 0. The number of ether oxygens (including phenoxy) is 1. The summed E-state index contributed by atoms with van der Waals surface area (Å²) in [5, 5.41) is 2.05. The van der Waals surface area contributed by atoms with E-state index in [1.54, 1.807) is 7.11 Å². The summed E-state index contributed by atoms with van der Waals surface area (Å²) in [7, 11) is 1.62. The van der Waals surface area contributed by atoms with Gasteiger partial charge in [0.25, 0.3) is 0 Å². The first kappa shape index (κ1) is 15.4. The normalized spacial score (nSPS) is 11.4. The number of halogens is 3. The van der Waals surface area contributed by atoms with Crippen LogP contribution in [0.5, 0.6) is 5.75 Å². The molecule has 2 rings (SSSR count). The van der Waals surface area contributed by atoms with Crippen molar-refractivity contribution in [1.29, 1.82) is 0 Å². The van der Waals surface area contributed by atoms with Crippen molar-refractivity contribution < 1.29 is 23.2 Å². The Bertz CT molecular complexity index is 562. The molecule has 2 nitrogen and oxygen atoms in total. The number of alkyl halides is 3. The predicted octanol–water partition coefficient (Wildman–Crippen LogP) is 2.98. The fourth-order valence-electron chi connectivity index (χ4n) is 2.00. The minimum Gasteiger partial charge on any atom is -0.497 e. The Balaban J connectivity index is 1.85. The van der Waals surface area contributed by atoms with Crippen LogP contribution in [0, 0.1) is 0 Å². The average molecular weight is 296 g/mol. The third-order valence-electron chi connectivity index (χ3n) is 3.20. The summed E-state index contributed by atoms with van der Waals surface area (Å²) in [6, 6.07) is 13.0. The van der Waals surface area contributed by atoms with Gasteiger partial charge in [-0.2, -0.15) is 13.2 Å². The van der Waals surface area contributed by atoms with Crippen molar-refractivity contribution >= 4 is 0 Å². The van der Waals surface area contributed by atoms with Gasteiger partial charge in [-0.05, 0) is 36.4 Å². The first-order valence-electron chi connectivity index (χ1n) is 6.60. The van der Waals surface area contributed by atoms with Crippen LogP contribution in [0.4, 0.5) is 13.2 Å². The van der Waals surface area contributed by atoms with E-state index < -0.39 is 11.7 Å². The van der Waals surface area contributed by atoms with Crippen LogP contribution in [0.15, 0.2) is 48.5 Å². The van der Waals surface area contributed by atoms with Crippen LogP contribution in [-0.4, -0.2) is 7.11 Å². The highest BCUT2D eigenvalue weighted by atomic mass is 19.4. The van der Waals surface area contributed by atoms with Crippen molar-refractivity contribution in [3.63, 3.8) is 0 Å². The lowest BCUT2D eigenvalue weighted by atomic mass is 10.1. The van der Waals surface area contributed by atoms with Gasteiger partial charge < -0.3 is 10.1 Å². The van der Waals surface area contributed by atoms with Gasteiger partial charge in [0.05, 0.1) is 12.7 Å². The molecule has 0 amide bonds. The molecule has 0 aliphatic heterocycles. The highest BCUT2D eigenvalue weighted by Crippen LogP contribution is 2.28. The number of quaternary nitrogens is 1. The average Bonchev–Trinajstić information content (AvgIpc) is 2.47. The highest BCUT2D eigenvalue weighted by molar-refractivity contribution is 5.26. The van der Waals surface area contributed by atoms with Crippen LogP contribution in [0.25, 0.3) is 0 Å². The van der Waals surface area contributed by atoms with Crippen molar-refractivity contribution in [2.45, 2.75) is 19.3 Å². The second kappa shape index (κ2) is 6.63. The second-order valence-electron chi connectivity index (χ2n) is 4.74. The first-order valence-corrected chi connectivity index (χ1v) is 6.60. The lowest BCUT2D eigenvalue weighted by Gasteiger charge is -2.07. The van der Waals surface area contributed by atoms with Gasteiger partial charge in [0.1, 0.15) is 18.8 Å². The van der Waals surface area contributed by atoms with Crippen LogP contribution in [0.3, 0.4) is 0 Å². The van der Waals surface area contributed by atoms with E-state index in [1.807, 2.05) is 29.6 Å². The lowest BCUT2D eigenvalue weighted by molar-refractivity contribution is -0.686. The molecular weight excluding hydrogens is 279 g/mol. The molecule has 0 atom stereocenters. The molecule has 21 heavy (non-hydrogen) atoms. The number of rotatable bonds is 5. The van der Waals surface area contributed by atoms with E-state index in [0.717, 1.165) is 35.6 Å². The molecule has 5 heteroatoms. The highest BCUT2D eigenvalue weighted by Gasteiger charge is 2.29. The summed E-state index contributed by atoms with van der Waals surface area (Å²) >= 11 is 0. The van der Waals surface area contributed by atoms with Crippen LogP contribution in [0.2, 0.25) is 0 Å². The van der Waals surface area contributed by atoms with E-state index in [0.29, 0.717) is 6.54 Å². The minimum atomic E-state index is -4.27. The largest absolute Gasteiger partial charge is 0.497 e. The molecule has 0 aliphatic carbocycles. The maximum Gasteiger partial charge on any atom is 0.416 e. The van der Waals surface area contributed by atoms with Crippen molar-refractivity contribution in [2.24, 2.45) is 0 Å². The fourth-order valence-corrected chi connectivity index (χ4v) is 2.00. The molecule has 0 aromatic heterocycles. The van der Waals surface area contributed by atoms with Crippen LogP contribution < -0.4 is 10.1 Å². The minimum absolute atomic E-state index is 0.610. The van der Waals surface area contributed by atoms with E-state index in [1.165, 1.54) is 12.1 Å². The van der Waals surface area contributed by atoms with Gasteiger partial charge in [0.15, 0.2) is 0 Å². The maximum atomic E-state index is 12.4. The van der Waals surface area contributed by atoms with E-state index in [-0.39, 0.29) is 0 Å². The van der Waals surface area contributed by atoms with Crippen molar-refractivity contribution in [3.8, 4) is 5.75 Å². The second-order valence-corrected chi connectivity index (χ2v) is 4.74. The van der Waals surface area contributed by atoms with Crippen LogP contribution in [0.1, 0.15) is 16.7 Å². The molecule has 0 saturated heterocycles. The Morgan fingerprint density at radius 3 is 1.76 bits per heavy atom. The molecular formula is C16H17F3NO+. The summed E-state index contributed by atoms with van der Waals surface area (Å²) < 4.78 is 42.4. The zero-order valence-corrected chi connectivity index (χ0v) is 11.7. The van der Waals surface area contributed by atoms with Gasteiger partial charge >= 0.3 is 6.18 Å². The van der Waals surface area contributed by atoms with Crippen LogP contribution >= 0.6 is 0 Å². The van der Waals surface area contributed by atoms with Gasteiger partial charge in [0.2, 0.25) is 0 Å². The number of nitrogens with two attached hydrogens (primary N) is 1. The topological polar surface area (TPSA) is 25.8 Å². The number of hydrogen-bond donors (Lipinski definition) is 1. The Kier molecular flexibility index (Phi) is 4.85. The van der Waals surface area contributed by atoms with E-state index in [2.05, 4.69) is 0 Å². The number of benzene rings is 2. The maximum absolute atomic E-state index is 12.4. The molecule has 0 bridgehead atoms. The predicted molar refractivity (Wildman–Crippen MR) is 73.8 cm³/mol. The number of methoxy groups -OCH3 is 1. The molecule has 0 aliphatic rings. The molecule has 0 saturated carbocycles. The first-order chi connectivity index (χ1) is 9.99. The summed E-state index contributed by atoms with van der Waals surface area (Å²) in [6.45, 7) is 1.41. The Morgan fingerprint density at radius 2 is 1.33 bits per heavy atom. The van der Waals surface area contributed by atoms with Gasteiger partial charge in [0, 0.05) is 11.1 Å². The van der Waals surface area contributed by atoms with Gasteiger partial charge in [-0.15, -0.1) is 0 Å². The van der Waals surface area contributed by atoms with E-state index in [4.69, 9.17) is 4.74 Å². The van der Waals surface area contributed by atoms with E-state index >= 15 is 0 Å². The van der Waals surface area contributed by atoms with Gasteiger partial charge in [-0.1, -0.05) is 12.1 Å². The molecule has 2 N–H and O–H groups in total. The molecule has 2 aromatic carbocycles. The van der Waals surface area contributed by atoms with Crippen molar-refractivity contribution in [3.05, 3.63) is 65.2 Å². The summed E-state index contributed by atoms with van der Waals surface area (Å²) in [6.07, 6.45) is -4.27.